The lowest BCUT2D eigenvalue weighted by Gasteiger charge is -2.03. The number of aromatic nitrogens is 3. The smallest absolute Gasteiger partial charge is 0.151 e. The molecule has 1 heterocycles. The summed E-state index contributed by atoms with van der Waals surface area (Å²) in [6.45, 7) is 1.73. The van der Waals surface area contributed by atoms with Gasteiger partial charge in [0.15, 0.2) is 5.82 Å². The van der Waals surface area contributed by atoms with Crippen LogP contribution in [0.2, 0.25) is 0 Å². The molecule has 0 atom stereocenters. The molecule has 0 fully saturated rings. The highest BCUT2D eigenvalue weighted by Crippen LogP contribution is 2.15. The number of alkyl halides is 1. The first-order valence-electron chi connectivity index (χ1n) is 4.95. The van der Waals surface area contributed by atoms with Gasteiger partial charge < -0.3 is 0 Å². The van der Waals surface area contributed by atoms with Gasteiger partial charge in [0.1, 0.15) is 5.69 Å². The van der Waals surface area contributed by atoms with Crippen LogP contribution in [0.25, 0.3) is 5.69 Å². The summed E-state index contributed by atoms with van der Waals surface area (Å²) in [6.07, 6.45) is 2.53. The molecular formula is C11H11BrFN3. The molecule has 0 aliphatic carbocycles. The van der Waals surface area contributed by atoms with Crippen LogP contribution in [0.1, 0.15) is 11.3 Å². The molecule has 0 saturated heterocycles. The third-order valence-corrected chi connectivity index (χ3v) is 2.71. The number of rotatable bonds is 3. The van der Waals surface area contributed by atoms with E-state index in [-0.39, 0.29) is 5.82 Å². The summed E-state index contributed by atoms with van der Waals surface area (Å²) in [4.78, 5) is 0. The summed E-state index contributed by atoms with van der Waals surface area (Å²) in [5.74, 6) is -0.252. The molecule has 1 aromatic heterocycles. The summed E-state index contributed by atoms with van der Waals surface area (Å²) < 4.78 is 15.3. The minimum absolute atomic E-state index is 0.252. The van der Waals surface area contributed by atoms with Crippen LogP contribution in [0.5, 0.6) is 0 Å². The van der Waals surface area contributed by atoms with Crippen LogP contribution in [-0.4, -0.2) is 20.3 Å². The van der Waals surface area contributed by atoms with Crippen LogP contribution in [0.15, 0.2) is 24.4 Å². The molecule has 0 aliphatic rings. The maximum absolute atomic E-state index is 13.8. The van der Waals surface area contributed by atoms with Gasteiger partial charge in [-0.3, -0.25) is 0 Å². The third-order valence-electron chi connectivity index (χ3n) is 2.31. The Bertz CT molecular complexity index is 496. The molecule has 3 nitrogen and oxygen atoms in total. The van der Waals surface area contributed by atoms with Gasteiger partial charge in [-0.25, -0.2) is 9.07 Å². The standard InChI is InChI=1S/C11H11BrFN3/c1-8-3-2-4-10(11(8)13)16-7-9(5-6-12)14-15-16/h2-4,7H,5-6H2,1H3. The molecule has 5 heteroatoms. The Hall–Kier alpha value is -1.23. The second kappa shape index (κ2) is 4.74. The minimum atomic E-state index is -0.252. The van der Waals surface area contributed by atoms with Gasteiger partial charge in [-0.1, -0.05) is 33.3 Å². The molecule has 0 unspecified atom stereocenters. The molecule has 0 saturated carbocycles. The lowest BCUT2D eigenvalue weighted by atomic mass is 10.2. The average Bonchev–Trinajstić information content (AvgIpc) is 2.71. The van der Waals surface area contributed by atoms with Crippen molar-refractivity contribution in [3.8, 4) is 5.69 Å². The minimum Gasteiger partial charge on any atom is -0.217 e. The number of nitrogens with zero attached hydrogens (tertiary/aromatic N) is 3. The molecule has 2 aromatic rings. The first-order chi connectivity index (χ1) is 7.72. The molecular weight excluding hydrogens is 273 g/mol. The van der Waals surface area contributed by atoms with Gasteiger partial charge in [0.25, 0.3) is 0 Å². The van der Waals surface area contributed by atoms with Crippen molar-refractivity contribution >= 4 is 15.9 Å². The van der Waals surface area contributed by atoms with Gasteiger partial charge in [-0.05, 0) is 18.6 Å². The normalized spacial score (nSPS) is 10.7. The molecule has 0 N–H and O–H groups in total. The van der Waals surface area contributed by atoms with Gasteiger partial charge >= 0.3 is 0 Å². The van der Waals surface area contributed by atoms with Crippen molar-refractivity contribution in [2.24, 2.45) is 0 Å². The molecule has 0 radical (unpaired) electrons. The fourth-order valence-corrected chi connectivity index (χ4v) is 1.84. The van der Waals surface area contributed by atoms with Crippen LogP contribution in [-0.2, 0) is 6.42 Å². The summed E-state index contributed by atoms with van der Waals surface area (Å²) in [5.41, 5.74) is 1.89. The molecule has 0 aliphatic heterocycles. The second-order valence-corrected chi connectivity index (χ2v) is 4.29. The highest BCUT2D eigenvalue weighted by molar-refractivity contribution is 9.09. The zero-order valence-electron chi connectivity index (χ0n) is 8.82. The van der Waals surface area contributed by atoms with E-state index in [1.165, 1.54) is 4.68 Å². The molecule has 0 bridgehead atoms. The van der Waals surface area contributed by atoms with E-state index in [1.807, 2.05) is 0 Å². The van der Waals surface area contributed by atoms with Gasteiger partial charge in [-0.15, -0.1) is 5.10 Å². The molecule has 16 heavy (non-hydrogen) atoms. The Morgan fingerprint density at radius 1 is 1.44 bits per heavy atom. The quantitative estimate of drug-likeness (QED) is 0.811. The SMILES string of the molecule is Cc1cccc(-n2cc(CCBr)nn2)c1F. The van der Waals surface area contributed by atoms with E-state index < -0.39 is 0 Å². The maximum atomic E-state index is 13.8. The van der Waals surface area contributed by atoms with Crippen LogP contribution in [0, 0.1) is 12.7 Å². The van der Waals surface area contributed by atoms with E-state index in [0.717, 1.165) is 17.4 Å². The number of hydrogen-bond acceptors (Lipinski definition) is 2. The zero-order valence-corrected chi connectivity index (χ0v) is 10.4. The number of hydrogen-bond donors (Lipinski definition) is 0. The average molecular weight is 284 g/mol. The lowest BCUT2D eigenvalue weighted by molar-refractivity contribution is 0.598. The predicted octanol–water partition coefficient (Wildman–Crippen LogP) is 2.65. The van der Waals surface area contributed by atoms with E-state index in [0.29, 0.717) is 11.3 Å². The van der Waals surface area contributed by atoms with Crippen molar-refractivity contribution in [3.05, 3.63) is 41.5 Å². The highest BCUT2D eigenvalue weighted by atomic mass is 79.9. The molecule has 0 amide bonds. The third kappa shape index (κ3) is 2.14. The molecule has 2 rings (SSSR count). The number of benzene rings is 1. The number of halogens is 2. The summed E-state index contributed by atoms with van der Waals surface area (Å²) in [7, 11) is 0. The van der Waals surface area contributed by atoms with E-state index in [9.17, 15) is 4.39 Å². The second-order valence-electron chi connectivity index (χ2n) is 3.50. The van der Waals surface area contributed by atoms with E-state index in [1.54, 1.807) is 31.3 Å². The van der Waals surface area contributed by atoms with Crippen LogP contribution in [0.4, 0.5) is 4.39 Å². The van der Waals surface area contributed by atoms with Crippen molar-refractivity contribution < 1.29 is 4.39 Å². The fourth-order valence-electron chi connectivity index (χ4n) is 1.44. The Morgan fingerprint density at radius 2 is 2.25 bits per heavy atom. The van der Waals surface area contributed by atoms with E-state index >= 15 is 0 Å². The van der Waals surface area contributed by atoms with E-state index in [2.05, 4.69) is 26.2 Å². The zero-order chi connectivity index (χ0) is 11.5. The highest BCUT2D eigenvalue weighted by Gasteiger charge is 2.08. The van der Waals surface area contributed by atoms with Crippen molar-refractivity contribution in [2.45, 2.75) is 13.3 Å². The van der Waals surface area contributed by atoms with Gasteiger partial charge in [-0.2, -0.15) is 0 Å². The first-order valence-corrected chi connectivity index (χ1v) is 6.07. The summed E-state index contributed by atoms with van der Waals surface area (Å²) in [5, 5.41) is 8.70. The van der Waals surface area contributed by atoms with Crippen LogP contribution >= 0.6 is 15.9 Å². The van der Waals surface area contributed by atoms with Crippen molar-refractivity contribution in [3.63, 3.8) is 0 Å². The van der Waals surface area contributed by atoms with Crippen LogP contribution < -0.4 is 0 Å². The number of aryl methyl sites for hydroxylation is 2. The van der Waals surface area contributed by atoms with Crippen LogP contribution in [0.3, 0.4) is 0 Å². The summed E-state index contributed by atoms with van der Waals surface area (Å²) >= 11 is 3.33. The summed E-state index contributed by atoms with van der Waals surface area (Å²) in [6, 6.07) is 5.23. The van der Waals surface area contributed by atoms with Gasteiger partial charge in [0, 0.05) is 11.8 Å². The predicted molar refractivity (Wildman–Crippen MR) is 63.6 cm³/mol. The Kier molecular flexibility index (Phi) is 3.33. The molecule has 0 spiro atoms. The van der Waals surface area contributed by atoms with Crippen molar-refractivity contribution in [1.82, 2.24) is 15.0 Å². The van der Waals surface area contributed by atoms with Crippen molar-refractivity contribution in [2.75, 3.05) is 5.33 Å². The van der Waals surface area contributed by atoms with Gasteiger partial charge in [0.2, 0.25) is 0 Å². The first kappa shape index (κ1) is 11.3. The fraction of sp³-hybridized carbons (Fsp3) is 0.273. The lowest BCUT2D eigenvalue weighted by Crippen LogP contribution is -1.99. The monoisotopic (exact) mass is 283 g/mol. The maximum Gasteiger partial charge on any atom is 0.151 e. The largest absolute Gasteiger partial charge is 0.217 e. The topological polar surface area (TPSA) is 30.7 Å². The molecule has 1 aromatic carbocycles. The van der Waals surface area contributed by atoms with Crippen molar-refractivity contribution in [1.29, 1.82) is 0 Å². The Labute approximate surface area is 101 Å². The van der Waals surface area contributed by atoms with E-state index in [4.69, 9.17) is 0 Å². The van der Waals surface area contributed by atoms with Gasteiger partial charge in [0.05, 0.1) is 11.9 Å². The molecule has 84 valence electrons. The Morgan fingerprint density at radius 3 is 3.00 bits per heavy atom. The Balaban J connectivity index is 2.39.